The molecule has 114 valence electrons. The van der Waals surface area contributed by atoms with E-state index < -0.39 is 0 Å². The fourth-order valence-corrected chi connectivity index (χ4v) is 2.85. The number of methoxy groups -OCH3 is 1. The van der Waals surface area contributed by atoms with Crippen LogP contribution < -0.4 is 0 Å². The molecule has 0 aromatic rings. The van der Waals surface area contributed by atoms with E-state index in [9.17, 15) is 0 Å². The summed E-state index contributed by atoms with van der Waals surface area (Å²) in [6, 6.07) is 0. The van der Waals surface area contributed by atoms with Crippen molar-refractivity contribution in [2.24, 2.45) is 5.92 Å². The van der Waals surface area contributed by atoms with Crippen LogP contribution in [0, 0.1) is 5.92 Å². The van der Waals surface area contributed by atoms with Crippen molar-refractivity contribution in [1.29, 1.82) is 0 Å². The first-order valence-electron chi connectivity index (χ1n) is 8.16. The molecule has 0 amide bonds. The van der Waals surface area contributed by atoms with Crippen LogP contribution in [0.25, 0.3) is 0 Å². The van der Waals surface area contributed by atoms with Gasteiger partial charge in [-0.1, -0.05) is 32.6 Å². The van der Waals surface area contributed by atoms with E-state index in [0.29, 0.717) is 0 Å². The van der Waals surface area contributed by atoms with E-state index in [1.807, 2.05) is 7.11 Å². The molecule has 0 saturated carbocycles. The SMILES string of the molecule is CC[C@@H](CCCCCN1CCN(C)CC1)CCOC. The molecule has 0 spiro atoms. The van der Waals surface area contributed by atoms with Gasteiger partial charge in [-0.3, -0.25) is 0 Å². The van der Waals surface area contributed by atoms with Gasteiger partial charge in [-0.25, -0.2) is 0 Å². The lowest BCUT2D eigenvalue weighted by atomic mass is 9.95. The Labute approximate surface area is 120 Å². The predicted molar refractivity (Wildman–Crippen MR) is 82.7 cm³/mol. The van der Waals surface area contributed by atoms with Gasteiger partial charge in [0.1, 0.15) is 0 Å². The Morgan fingerprint density at radius 3 is 2.37 bits per heavy atom. The van der Waals surface area contributed by atoms with E-state index in [2.05, 4.69) is 23.8 Å². The number of nitrogens with zero attached hydrogens (tertiary/aromatic N) is 2. The lowest BCUT2D eigenvalue weighted by Crippen LogP contribution is -2.44. The first kappa shape index (κ1) is 16.9. The first-order chi connectivity index (χ1) is 9.26. The topological polar surface area (TPSA) is 15.7 Å². The molecular formula is C16H34N2O. The number of likely N-dealkylation sites (N-methyl/N-ethyl adjacent to an activating group) is 1. The van der Waals surface area contributed by atoms with E-state index >= 15 is 0 Å². The van der Waals surface area contributed by atoms with Crippen LogP contribution in [0.2, 0.25) is 0 Å². The van der Waals surface area contributed by atoms with Crippen LogP contribution in [0.3, 0.4) is 0 Å². The Morgan fingerprint density at radius 2 is 1.74 bits per heavy atom. The van der Waals surface area contributed by atoms with E-state index in [1.54, 1.807) is 0 Å². The van der Waals surface area contributed by atoms with Gasteiger partial charge in [0.2, 0.25) is 0 Å². The summed E-state index contributed by atoms with van der Waals surface area (Å²) in [6.45, 7) is 9.57. The molecule has 0 bridgehead atoms. The molecule has 1 fully saturated rings. The average Bonchev–Trinajstić information content (AvgIpc) is 2.44. The summed E-state index contributed by atoms with van der Waals surface area (Å²) < 4.78 is 5.18. The van der Waals surface area contributed by atoms with Crippen LogP contribution in [-0.4, -0.2) is 63.3 Å². The lowest BCUT2D eigenvalue weighted by molar-refractivity contribution is 0.151. The Hall–Kier alpha value is -0.120. The molecule has 1 aliphatic rings. The molecule has 0 unspecified atom stereocenters. The fourth-order valence-electron chi connectivity index (χ4n) is 2.85. The molecule has 1 heterocycles. The normalized spacial score (nSPS) is 19.7. The number of unbranched alkanes of at least 4 members (excludes halogenated alkanes) is 2. The highest BCUT2D eigenvalue weighted by molar-refractivity contribution is 4.69. The second-order valence-electron chi connectivity index (χ2n) is 6.05. The highest BCUT2D eigenvalue weighted by Gasteiger charge is 2.12. The number of hydrogen-bond acceptors (Lipinski definition) is 3. The molecule has 0 aromatic heterocycles. The zero-order valence-corrected chi connectivity index (χ0v) is 13.4. The van der Waals surface area contributed by atoms with Gasteiger partial charge < -0.3 is 14.5 Å². The number of piperazine rings is 1. The quantitative estimate of drug-likeness (QED) is 0.568. The van der Waals surface area contributed by atoms with Crippen molar-refractivity contribution in [1.82, 2.24) is 9.80 Å². The van der Waals surface area contributed by atoms with Crippen molar-refractivity contribution in [3.8, 4) is 0 Å². The monoisotopic (exact) mass is 270 g/mol. The Bertz CT molecular complexity index is 196. The Morgan fingerprint density at radius 1 is 1.00 bits per heavy atom. The van der Waals surface area contributed by atoms with Gasteiger partial charge in [-0.15, -0.1) is 0 Å². The minimum absolute atomic E-state index is 0.878. The molecule has 0 radical (unpaired) electrons. The van der Waals surface area contributed by atoms with Crippen molar-refractivity contribution in [2.75, 3.05) is 53.5 Å². The summed E-state index contributed by atoms with van der Waals surface area (Å²) in [6.07, 6.45) is 8.12. The predicted octanol–water partition coefficient (Wildman–Crippen LogP) is 2.86. The molecule has 3 heteroatoms. The molecule has 1 atom stereocenters. The number of hydrogen-bond donors (Lipinski definition) is 0. The molecule has 0 aliphatic carbocycles. The van der Waals surface area contributed by atoms with Crippen LogP contribution in [-0.2, 0) is 4.74 Å². The van der Waals surface area contributed by atoms with Crippen LogP contribution in [0.4, 0.5) is 0 Å². The summed E-state index contributed by atoms with van der Waals surface area (Å²) in [5, 5.41) is 0. The maximum Gasteiger partial charge on any atom is 0.0464 e. The summed E-state index contributed by atoms with van der Waals surface area (Å²) in [4.78, 5) is 5.06. The standard InChI is InChI=1S/C16H34N2O/c1-4-16(9-15-19-3)8-6-5-7-10-18-13-11-17(2)12-14-18/h16H,4-15H2,1-3H3/t16-/m0/s1. The minimum Gasteiger partial charge on any atom is -0.385 e. The molecule has 1 rings (SSSR count). The highest BCUT2D eigenvalue weighted by atomic mass is 16.5. The Balaban J connectivity index is 1.95. The van der Waals surface area contributed by atoms with Crippen LogP contribution in [0.5, 0.6) is 0 Å². The molecule has 0 N–H and O–H groups in total. The second-order valence-corrected chi connectivity index (χ2v) is 6.05. The number of rotatable bonds is 10. The summed E-state index contributed by atoms with van der Waals surface area (Å²) >= 11 is 0. The third-order valence-electron chi connectivity index (χ3n) is 4.49. The molecule has 1 saturated heterocycles. The average molecular weight is 270 g/mol. The lowest BCUT2D eigenvalue weighted by Gasteiger charge is -2.32. The van der Waals surface area contributed by atoms with Gasteiger partial charge in [-0.05, 0) is 32.4 Å². The van der Waals surface area contributed by atoms with E-state index in [0.717, 1.165) is 12.5 Å². The maximum absolute atomic E-state index is 5.18. The van der Waals surface area contributed by atoms with Gasteiger partial charge in [0, 0.05) is 39.9 Å². The summed E-state index contributed by atoms with van der Waals surface area (Å²) in [5.74, 6) is 0.878. The summed E-state index contributed by atoms with van der Waals surface area (Å²) in [7, 11) is 4.03. The Kier molecular flexibility index (Phi) is 9.48. The smallest absolute Gasteiger partial charge is 0.0464 e. The number of ether oxygens (including phenoxy) is 1. The summed E-state index contributed by atoms with van der Waals surface area (Å²) in [5.41, 5.74) is 0. The van der Waals surface area contributed by atoms with Crippen LogP contribution >= 0.6 is 0 Å². The van der Waals surface area contributed by atoms with E-state index in [1.165, 1.54) is 71.2 Å². The van der Waals surface area contributed by atoms with E-state index in [-0.39, 0.29) is 0 Å². The first-order valence-corrected chi connectivity index (χ1v) is 8.16. The largest absolute Gasteiger partial charge is 0.385 e. The van der Waals surface area contributed by atoms with Crippen molar-refractivity contribution < 1.29 is 4.74 Å². The van der Waals surface area contributed by atoms with Gasteiger partial charge in [0.05, 0.1) is 0 Å². The molecule has 19 heavy (non-hydrogen) atoms. The molecule has 1 aliphatic heterocycles. The minimum atomic E-state index is 0.878. The fraction of sp³-hybridized carbons (Fsp3) is 1.00. The zero-order chi connectivity index (χ0) is 13.9. The van der Waals surface area contributed by atoms with Crippen LogP contribution in [0.15, 0.2) is 0 Å². The van der Waals surface area contributed by atoms with Gasteiger partial charge in [0.15, 0.2) is 0 Å². The maximum atomic E-state index is 5.18. The zero-order valence-electron chi connectivity index (χ0n) is 13.4. The van der Waals surface area contributed by atoms with Crippen molar-refractivity contribution in [3.63, 3.8) is 0 Å². The third-order valence-corrected chi connectivity index (χ3v) is 4.49. The van der Waals surface area contributed by atoms with Gasteiger partial charge in [0.25, 0.3) is 0 Å². The van der Waals surface area contributed by atoms with Gasteiger partial charge in [-0.2, -0.15) is 0 Å². The highest BCUT2D eigenvalue weighted by Crippen LogP contribution is 2.17. The van der Waals surface area contributed by atoms with Crippen molar-refractivity contribution in [3.05, 3.63) is 0 Å². The van der Waals surface area contributed by atoms with Crippen molar-refractivity contribution >= 4 is 0 Å². The molecular weight excluding hydrogens is 236 g/mol. The second kappa shape index (κ2) is 10.6. The molecule has 0 aromatic carbocycles. The van der Waals surface area contributed by atoms with Gasteiger partial charge >= 0.3 is 0 Å². The van der Waals surface area contributed by atoms with Crippen molar-refractivity contribution in [2.45, 2.75) is 45.4 Å². The van der Waals surface area contributed by atoms with E-state index in [4.69, 9.17) is 4.74 Å². The third kappa shape index (κ3) is 7.91. The van der Waals surface area contributed by atoms with Crippen LogP contribution in [0.1, 0.15) is 45.4 Å². The molecule has 3 nitrogen and oxygen atoms in total.